The lowest BCUT2D eigenvalue weighted by Gasteiger charge is -2.24. The smallest absolute Gasteiger partial charge is 0.0738 e. The van der Waals surface area contributed by atoms with E-state index in [1.54, 1.807) is 0 Å². The molecule has 15 heavy (non-hydrogen) atoms. The summed E-state index contributed by atoms with van der Waals surface area (Å²) >= 11 is 3.57. The van der Waals surface area contributed by atoms with E-state index < -0.39 is 0 Å². The minimum Gasteiger partial charge on any atom is -0.325 e. The van der Waals surface area contributed by atoms with Crippen molar-refractivity contribution in [3.05, 3.63) is 15.9 Å². The molecule has 0 bridgehead atoms. The largest absolute Gasteiger partial charge is 0.325 e. The van der Waals surface area contributed by atoms with E-state index in [0.29, 0.717) is 0 Å². The molecule has 0 aliphatic carbocycles. The fourth-order valence-electron chi connectivity index (χ4n) is 1.91. The van der Waals surface area contributed by atoms with E-state index in [-0.39, 0.29) is 5.54 Å². The number of halogens is 1. The maximum atomic E-state index is 6.24. The van der Waals surface area contributed by atoms with Crippen LogP contribution in [0.25, 0.3) is 0 Å². The average Bonchev–Trinajstić information content (AvgIpc) is 2.32. The SMILES string of the molecule is CCCC(C)(N)Cc1c(Br)c(C)nn1C. The molecule has 1 aromatic heterocycles. The predicted molar refractivity (Wildman–Crippen MR) is 66.8 cm³/mol. The quantitative estimate of drug-likeness (QED) is 0.917. The molecule has 0 saturated heterocycles. The Kier molecular flexibility index (Phi) is 3.95. The lowest BCUT2D eigenvalue weighted by atomic mass is 9.92. The van der Waals surface area contributed by atoms with Gasteiger partial charge in [0.1, 0.15) is 0 Å². The molecule has 0 radical (unpaired) electrons. The molecule has 1 rings (SSSR count). The highest BCUT2D eigenvalue weighted by Crippen LogP contribution is 2.25. The Hall–Kier alpha value is -0.350. The zero-order chi connectivity index (χ0) is 11.6. The van der Waals surface area contributed by atoms with Crippen LogP contribution in [0.2, 0.25) is 0 Å². The van der Waals surface area contributed by atoms with Crippen LogP contribution in [0.1, 0.15) is 38.1 Å². The van der Waals surface area contributed by atoms with Gasteiger partial charge < -0.3 is 5.73 Å². The molecular formula is C11H20BrN3. The number of hydrogen-bond donors (Lipinski definition) is 1. The molecule has 3 nitrogen and oxygen atoms in total. The number of nitrogens with zero attached hydrogens (tertiary/aromatic N) is 2. The van der Waals surface area contributed by atoms with Gasteiger partial charge >= 0.3 is 0 Å². The van der Waals surface area contributed by atoms with E-state index >= 15 is 0 Å². The van der Waals surface area contributed by atoms with Gasteiger partial charge in [0.05, 0.1) is 15.9 Å². The fraction of sp³-hybridized carbons (Fsp3) is 0.727. The monoisotopic (exact) mass is 273 g/mol. The molecule has 1 heterocycles. The van der Waals surface area contributed by atoms with Gasteiger partial charge in [-0.3, -0.25) is 4.68 Å². The summed E-state index contributed by atoms with van der Waals surface area (Å²) in [6.07, 6.45) is 3.00. The van der Waals surface area contributed by atoms with Gasteiger partial charge in [-0.1, -0.05) is 13.3 Å². The summed E-state index contributed by atoms with van der Waals surface area (Å²) < 4.78 is 3.01. The highest BCUT2D eigenvalue weighted by atomic mass is 79.9. The molecule has 2 N–H and O–H groups in total. The second kappa shape index (κ2) is 4.66. The van der Waals surface area contributed by atoms with Crippen LogP contribution in [0.5, 0.6) is 0 Å². The van der Waals surface area contributed by atoms with Crippen molar-refractivity contribution < 1.29 is 0 Å². The third-order valence-corrected chi connectivity index (χ3v) is 3.69. The second-order valence-electron chi connectivity index (χ2n) is 4.55. The third kappa shape index (κ3) is 3.05. The number of hydrogen-bond acceptors (Lipinski definition) is 2. The number of aromatic nitrogens is 2. The summed E-state index contributed by atoms with van der Waals surface area (Å²) in [7, 11) is 1.97. The van der Waals surface area contributed by atoms with E-state index in [4.69, 9.17) is 5.73 Å². The van der Waals surface area contributed by atoms with Crippen LogP contribution in [0.3, 0.4) is 0 Å². The highest BCUT2D eigenvalue weighted by molar-refractivity contribution is 9.10. The molecule has 1 atom stereocenters. The van der Waals surface area contributed by atoms with Crippen molar-refractivity contribution in [2.45, 2.75) is 45.6 Å². The molecule has 0 aliphatic heterocycles. The molecule has 1 unspecified atom stereocenters. The lowest BCUT2D eigenvalue weighted by molar-refractivity contribution is 0.412. The fourth-order valence-corrected chi connectivity index (χ4v) is 2.39. The first-order valence-corrected chi connectivity index (χ1v) is 6.13. The summed E-state index contributed by atoms with van der Waals surface area (Å²) in [6, 6.07) is 0. The summed E-state index contributed by atoms with van der Waals surface area (Å²) in [4.78, 5) is 0. The summed E-state index contributed by atoms with van der Waals surface area (Å²) in [6.45, 7) is 6.27. The molecule has 4 heteroatoms. The molecular weight excluding hydrogens is 254 g/mol. The Balaban J connectivity index is 2.89. The number of rotatable bonds is 4. The molecule has 0 aromatic carbocycles. The predicted octanol–water partition coefficient (Wildman–Crippen LogP) is 2.55. The zero-order valence-corrected chi connectivity index (χ0v) is 11.6. The standard InChI is InChI=1S/C11H20BrN3/c1-5-6-11(3,13)7-9-10(12)8(2)14-15(9)4/h5-7,13H2,1-4H3. The Morgan fingerprint density at radius 3 is 2.53 bits per heavy atom. The summed E-state index contributed by atoms with van der Waals surface area (Å²) in [5.41, 5.74) is 8.32. The van der Waals surface area contributed by atoms with Crippen LogP contribution in [0.4, 0.5) is 0 Å². The Labute approximate surface area is 100 Å². The van der Waals surface area contributed by atoms with Gasteiger partial charge in [-0.05, 0) is 36.2 Å². The normalized spacial score (nSPS) is 15.3. The summed E-state index contributed by atoms with van der Waals surface area (Å²) in [5, 5.41) is 4.37. The van der Waals surface area contributed by atoms with Crippen LogP contribution in [0, 0.1) is 6.92 Å². The molecule has 0 saturated carbocycles. The number of nitrogens with two attached hydrogens (primary N) is 1. The maximum absolute atomic E-state index is 6.24. The van der Waals surface area contributed by atoms with Gasteiger partial charge in [0.2, 0.25) is 0 Å². The molecule has 0 amide bonds. The van der Waals surface area contributed by atoms with Crippen LogP contribution >= 0.6 is 15.9 Å². The van der Waals surface area contributed by atoms with Crippen LogP contribution in [-0.2, 0) is 13.5 Å². The van der Waals surface area contributed by atoms with E-state index in [1.807, 2.05) is 18.7 Å². The van der Waals surface area contributed by atoms with Crippen molar-refractivity contribution in [1.82, 2.24) is 9.78 Å². The minimum absolute atomic E-state index is 0.141. The first kappa shape index (κ1) is 12.7. The first-order valence-electron chi connectivity index (χ1n) is 5.34. The van der Waals surface area contributed by atoms with Crippen molar-refractivity contribution in [3.63, 3.8) is 0 Å². The van der Waals surface area contributed by atoms with Crippen molar-refractivity contribution in [2.75, 3.05) is 0 Å². The van der Waals surface area contributed by atoms with Gasteiger partial charge in [-0.25, -0.2) is 0 Å². The van der Waals surface area contributed by atoms with E-state index in [1.165, 1.54) is 5.69 Å². The van der Waals surface area contributed by atoms with Crippen molar-refractivity contribution in [1.29, 1.82) is 0 Å². The van der Waals surface area contributed by atoms with Gasteiger partial charge in [-0.2, -0.15) is 5.10 Å². The van der Waals surface area contributed by atoms with Crippen LogP contribution < -0.4 is 5.73 Å². The number of aryl methyl sites for hydroxylation is 2. The Morgan fingerprint density at radius 2 is 2.13 bits per heavy atom. The third-order valence-electron chi connectivity index (χ3n) is 2.65. The van der Waals surface area contributed by atoms with Crippen molar-refractivity contribution >= 4 is 15.9 Å². The van der Waals surface area contributed by atoms with Gasteiger partial charge in [-0.15, -0.1) is 0 Å². The molecule has 0 aliphatic rings. The highest BCUT2D eigenvalue weighted by Gasteiger charge is 2.22. The van der Waals surface area contributed by atoms with Crippen LogP contribution in [0.15, 0.2) is 4.47 Å². The molecule has 86 valence electrons. The second-order valence-corrected chi connectivity index (χ2v) is 5.34. The Morgan fingerprint density at radius 1 is 1.53 bits per heavy atom. The molecule has 0 fully saturated rings. The molecule has 0 spiro atoms. The Bertz CT molecular complexity index is 342. The molecule has 1 aromatic rings. The average molecular weight is 274 g/mol. The van der Waals surface area contributed by atoms with Gasteiger partial charge in [0, 0.05) is 19.0 Å². The van der Waals surface area contributed by atoms with E-state index in [0.717, 1.165) is 29.4 Å². The zero-order valence-electron chi connectivity index (χ0n) is 9.97. The summed E-state index contributed by atoms with van der Waals surface area (Å²) in [5.74, 6) is 0. The van der Waals surface area contributed by atoms with Crippen LogP contribution in [-0.4, -0.2) is 15.3 Å². The van der Waals surface area contributed by atoms with Gasteiger partial charge in [0.25, 0.3) is 0 Å². The first-order chi connectivity index (χ1) is 6.87. The van der Waals surface area contributed by atoms with Crippen molar-refractivity contribution in [3.8, 4) is 0 Å². The van der Waals surface area contributed by atoms with E-state index in [9.17, 15) is 0 Å². The van der Waals surface area contributed by atoms with Crippen molar-refractivity contribution in [2.24, 2.45) is 12.8 Å². The lowest BCUT2D eigenvalue weighted by Crippen LogP contribution is -2.39. The topological polar surface area (TPSA) is 43.8 Å². The minimum atomic E-state index is -0.141. The van der Waals surface area contributed by atoms with E-state index in [2.05, 4.69) is 34.9 Å². The van der Waals surface area contributed by atoms with Gasteiger partial charge in [0.15, 0.2) is 0 Å². The maximum Gasteiger partial charge on any atom is 0.0738 e.